The van der Waals surface area contributed by atoms with Crippen molar-refractivity contribution in [3.05, 3.63) is 12.2 Å². The smallest absolute Gasteiger partial charge is 0.327 e. The maximum atomic E-state index is 10.2. The fourth-order valence-electron chi connectivity index (χ4n) is 2.46. The SMILES string of the molecule is CCC(=O)O.CCCCCCCCCCCCCCC/C=C/C(=O)O. The molecule has 4 heteroatoms. The maximum absolute atomic E-state index is 10.2. The molecular weight excluding hydrogens is 316 g/mol. The molecule has 0 aliphatic carbocycles. The van der Waals surface area contributed by atoms with Crippen LogP contribution in [0.15, 0.2) is 12.2 Å². The molecule has 0 radical (unpaired) electrons. The van der Waals surface area contributed by atoms with Gasteiger partial charge in [0.2, 0.25) is 0 Å². The number of hydrogen-bond donors (Lipinski definition) is 2. The summed E-state index contributed by atoms with van der Waals surface area (Å²) in [4.78, 5) is 19.6. The lowest BCUT2D eigenvalue weighted by atomic mass is 10.0. The first-order valence-electron chi connectivity index (χ1n) is 10.2. The molecule has 0 atom stereocenters. The Bertz CT molecular complexity index is 324. The fourth-order valence-corrected chi connectivity index (χ4v) is 2.46. The van der Waals surface area contributed by atoms with Gasteiger partial charge in [0, 0.05) is 12.5 Å². The molecule has 0 spiro atoms. The first-order valence-corrected chi connectivity index (χ1v) is 10.2. The number of carbonyl (C=O) groups is 2. The number of allylic oxidation sites excluding steroid dienone is 1. The van der Waals surface area contributed by atoms with Crippen molar-refractivity contribution in [3.8, 4) is 0 Å². The second-order valence-corrected chi connectivity index (χ2v) is 6.52. The van der Waals surface area contributed by atoms with Crippen LogP contribution in [-0.2, 0) is 9.59 Å². The molecular formula is C21H40O4. The van der Waals surface area contributed by atoms with Gasteiger partial charge in [0.15, 0.2) is 0 Å². The number of carboxylic acids is 2. The minimum atomic E-state index is -0.834. The summed E-state index contributed by atoms with van der Waals surface area (Å²) in [6.07, 6.45) is 21.8. The summed E-state index contributed by atoms with van der Waals surface area (Å²) in [5.41, 5.74) is 0. The molecule has 148 valence electrons. The molecule has 2 N–H and O–H groups in total. The average molecular weight is 357 g/mol. The summed E-state index contributed by atoms with van der Waals surface area (Å²) in [7, 11) is 0. The molecule has 0 saturated heterocycles. The zero-order valence-corrected chi connectivity index (χ0v) is 16.5. The second-order valence-electron chi connectivity index (χ2n) is 6.52. The van der Waals surface area contributed by atoms with Crippen LogP contribution in [0.5, 0.6) is 0 Å². The third kappa shape index (κ3) is 31.0. The highest BCUT2D eigenvalue weighted by molar-refractivity contribution is 5.79. The minimum Gasteiger partial charge on any atom is -0.481 e. The van der Waals surface area contributed by atoms with Crippen LogP contribution < -0.4 is 0 Å². The van der Waals surface area contributed by atoms with E-state index in [0.717, 1.165) is 12.8 Å². The third-order valence-electron chi connectivity index (χ3n) is 4.04. The summed E-state index contributed by atoms with van der Waals surface area (Å²) < 4.78 is 0. The summed E-state index contributed by atoms with van der Waals surface area (Å²) in [5, 5.41) is 16.2. The van der Waals surface area contributed by atoms with E-state index < -0.39 is 11.9 Å². The van der Waals surface area contributed by atoms with E-state index in [9.17, 15) is 9.59 Å². The zero-order valence-electron chi connectivity index (χ0n) is 16.5. The number of unbranched alkanes of at least 4 members (excludes halogenated alkanes) is 13. The highest BCUT2D eigenvalue weighted by Gasteiger charge is 1.93. The molecule has 0 saturated carbocycles. The Morgan fingerprint density at radius 2 is 1.04 bits per heavy atom. The van der Waals surface area contributed by atoms with Gasteiger partial charge in [-0.25, -0.2) is 4.79 Å². The lowest BCUT2D eigenvalue weighted by molar-refractivity contribution is -0.136. The second kappa shape index (κ2) is 22.7. The number of hydrogen-bond acceptors (Lipinski definition) is 2. The molecule has 0 fully saturated rings. The van der Waals surface area contributed by atoms with E-state index in [1.165, 1.54) is 83.1 Å². The van der Waals surface area contributed by atoms with E-state index >= 15 is 0 Å². The van der Waals surface area contributed by atoms with E-state index in [4.69, 9.17) is 10.2 Å². The van der Waals surface area contributed by atoms with Crippen molar-refractivity contribution in [2.75, 3.05) is 0 Å². The van der Waals surface area contributed by atoms with Crippen molar-refractivity contribution >= 4 is 11.9 Å². The maximum Gasteiger partial charge on any atom is 0.327 e. The van der Waals surface area contributed by atoms with Gasteiger partial charge in [-0.05, 0) is 12.8 Å². The number of aliphatic carboxylic acids is 2. The molecule has 0 unspecified atom stereocenters. The van der Waals surface area contributed by atoms with E-state index in [1.54, 1.807) is 13.0 Å². The van der Waals surface area contributed by atoms with Crippen LogP contribution in [-0.4, -0.2) is 22.2 Å². The minimum absolute atomic E-state index is 0.222. The van der Waals surface area contributed by atoms with Gasteiger partial charge in [-0.3, -0.25) is 4.79 Å². The Morgan fingerprint density at radius 1 is 0.680 bits per heavy atom. The topological polar surface area (TPSA) is 74.6 Å². The highest BCUT2D eigenvalue weighted by Crippen LogP contribution is 2.12. The Morgan fingerprint density at radius 3 is 1.36 bits per heavy atom. The van der Waals surface area contributed by atoms with E-state index in [0.29, 0.717) is 0 Å². The van der Waals surface area contributed by atoms with Crippen molar-refractivity contribution in [2.24, 2.45) is 0 Å². The van der Waals surface area contributed by atoms with E-state index in [1.807, 2.05) is 0 Å². The van der Waals surface area contributed by atoms with Gasteiger partial charge >= 0.3 is 11.9 Å². The first-order chi connectivity index (χ1) is 12.0. The Hall–Kier alpha value is -1.32. The van der Waals surface area contributed by atoms with Crippen molar-refractivity contribution in [3.63, 3.8) is 0 Å². The van der Waals surface area contributed by atoms with Crippen molar-refractivity contribution < 1.29 is 19.8 Å². The van der Waals surface area contributed by atoms with E-state index in [-0.39, 0.29) is 6.42 Å². The third-order valence-corrected chi connectivity index (χ3v) is 4.04. The van der Waals surface area contributed by atoms with Crippen LogP contribution in [0.1, 0.15) is 110 Å². The van der Waals surface area contributed by atoms with Crippen LogP contribution >= 0.6 is 0 Å². The molecule has 0 aromatic rings. The van der Waals surface area contributed by atoms with E-state index in [2.05, 4.69) is 6.92 Å². The summed E-state index contributed by atoms with van der Waals surface area (Å²) in [6, 6.07) is 0. The first kappa shape index (κ1) is 25.9. The zero-order chi connectivity index (χ0) is 19.2. The quantitative estimate of drug-likeness (QED) is 0.242. The molecule has 0 aliphatic heterocycles. The predicted molar refractivity (Wildman–Crippen MR) is 105 cm³/mol. The molecule has 25 heavy (non-hydrogen) atoms. The molecule has 0 heterocycles. The number of rotatable bonds is 16. The standard InChI is InChI=1S/C18H34O2.C3H6O2/c1-2-3-4-5-6-7-8-9-10-11-12-13-14-15-16-17-18(19)20;1-2-3(4)5/h16-17H,2-15H2,1H3,(H,19,20);2H2,1H3,(H,4,5)/b17-16+;. The van der Waals surface area contributed by atoms with Gasteiger partial charge in [-0.2, -0.15) is 0 Å². The Labute approximate surface area is 154 Å². The molecule has 0 rings (SSSR count). The Balaban J connectivity index is 0. The molecule has 4 nitrogen and oxygen atoms in total. The largest absolute Gasteiger partial charge is 0.481 e. The lowest BCUT2D eigenvalue weighted by Gasteiger charge is -2.02. The fraction of sp³-hybridized carbons (Fsp3) is 0.810. The van der Waals surface area contributed by atoms with Crippen LogP contribution in [0.2, 0.25) is 0 Å². The Kier molecular flexibility index (Phi) is 23.5. The molecule has 0 amide bonds. The molecule has 0 aliphatic rings. The van der Waals surface area contributed by atoms with Crippen LogP contribution in [0.25, 0.3) is 0 Å². The summed E-state index contributed by atoms with van der Waals surface area (Å²) in [6.45, 7) is 3.87. The van der Waals surface area contributed by atoms with Crippen LogP contribution in [0.3, 0.4) is 0 Å². The lowest BCUT2D eigenvalue weighted by Crippen LogP contribution is -1.86. The van der Waals surface area contributed by atoms with Gasteiger partial charge in [0.1, 0.15) is 0 Å². The molecule has 0 aromatic heterocycles. The number of carboxylic acid groups (broad SMARTS) is 2. The predicted octanol–water partition coefficient (Wildman–Crippen LogP) is 6.59. The normalized spacial score (nSPS) is 10.5. The summed E-state index contributed by atoms with van der Waals surface area (Å²) in [5.74, 6) is -1.58. The molecule has 0 bridgehead atoms. The van der Waals surface area contributed by atoms with Gasteiger partial charge in [-0.15, -0.1) is 0 Å². The van der Waals surface area contributed by atoms with Crippen molar-refractivity contribution in [1.29, 1.82) is 0 Å². The summed E-state index contributed by atoms with van der Waals surface area (Å²) >= 11 is 0. The van der Waals surface area contributed by atoms with Gasteiger partial charge in [0.05, 0.1) is 0 Å². The van der Waals surface area contributed by atoms with Crippen molar-refractivity contribution in [1.82, 2.24) is 0 Å². The van der Waals surface area contributed by atoms with Gasteiger partial charge in [0.25, 0.3) is 0 Å². The molecule has 0 aromatic carbocycles. The highest BCUT2D eigenvalue weighted by atomic mass is 16.4. The van der Waals surface area contributed by atoms with Crippen LogP contribution in [0, 0.1) is 0 Å². The average Bonchev–Trinajstić information content (AvgIpc) is 2.58. The van der Waals surface area contributed by atoms with Crippen molar-refractivity contribution in [2.45, 2.75) is 110 Å². The van der Waals surface area contributed by atoms with Crippen LogP contribution in [0.4, 0.5) is 0 Å². The monoisotopic (exact) mass is 356 g/mol. The van der Waals surface area contributed by atoms with Gasteiger partial charge < -0.3 is 10.2 Å². The van der Waals surface area contributed by atoms with Gasteiger partial charge in [-0.1, -0.05) is 97.0 Å².